The highest BCUT2D eigenvalue weighted by molar-refractivity contribution is 6.21. The minimum absolute atomic E-state index is 0.0336. The minimum Gasteiger partial charge on any atom is -0.497 e. The Bertz CT molecular complexity index is 992. The van der Waals surface area contributed by atoms with Gasteiger partial charge in [-0.1, -0.05) is 0 Å². The predicted molar refractivity (Wildman–Crippen MR) is 125 cm³/mol. The van der Waals surface area contributed by atoms with Gasteiger partial charge in [-0.25, -0.2) is 0 Å². The van der Waals surface area contributed by atoms with Crippen LogP contribution in [0.4, 0.5) is 0 Å². The van der Waals surface area contributed by atoms with Gasteiger partial charge in [0.25, 0.3) is 5.91 Å². The average Bonchev–Trinajstić information content (AvgIpc) is 3.15. The number of carbonyl (C=O) groups is 2. The van der Waals surface area contributed by atoms with E-state index in [1.54, 1.807) is 25.2 Å². The lowest BCUT2D eigenvalue weighted by Crippen LogP contribution is -2.43. The molecule has 8 nitrogen and oxygen atoms in total. The van der Waals surface area contributed by atoms with E-state index in [0.717, 1.165) is 25.1 Å². The molecule has 4 atom stereocenters. The molecule has 4 unspecified atom stereocenters. The van der Waals surface area contributed by atoms with Crippen LogP contribution >= 0.6 is 11.6 Å². The van der Waals surface area contributed by atoms with Crippen LogP contribution in [0.2, 0.25) is 0 Å². The van der Waals surface area contributed by atoms with Crippen LogP contribution in [0.15, 0.2) is 29.5 Å². The molecule has 0 spiro atoms. The number of Topliss-reactive ketones (excluding diaryl/α,β-unsaturated/α-hetero) is 1. The standard InChI is InChI=1S/C25H31ClN2O6/c1-31-16-4-6-19(32-2)17(14-16)22-21-23(29)18-13-15(26)3-5-20(18)34-24(21)25(30)28(22)8-7-27-9-11-33-12-10-27/h4,6,14-15,18,20,22H,3,5,7-13H2,1-2H3. The lowest BCUT2D eigenvalue weighted by molar-refractivity contribution is -0.135. The molecule has 1 aromatic carbocycles. The molecule has 0 radical (unpaired) electrons. The lowest BCUT2D eigenvalue weighted by atomic mass is 9.77. The van der Waals surface area contributed by atoms with Crippen molar-refractivity contribution >= 4 is 23.3 Å². The molecule has 2 fully saturated rings. The molecule has 1 amide bonds. The molecule has 1 saturated carbocycles. The van der Waals surface area contributed by atoms with Crippen LogP contribution in [-0.4, -0.2) is 86.6 Å². The molecule has 184 valence electrons. The summed E-state index contributed by atoms with van der Waals surface area (Å²) in [6.45, 7) is 4.14. The summed E-state index contributed by atoms with van der Waals surface area (Å²) in [6.07, 6.45) is 1.72. The number of fused-ring (bicyclic) bond motifs is 1. The molecule has 0 aromatic heterocycles. The first kappa shape index (κ1) is 23.5. The third kappa shape index (κ3) is 4.16. The number of morpholine rings is 1. The number of hydrogen-bond acceptors (Lipinski definition) is 7. The molecule has 5 rings (SSSR count). The van der Waals surface area contributed by atoms with Crippen LogP contribution in [0, 0.1) is 5.92 Å². The first-order chi connectivity index (χ1) is 16.5. The van der Waals surface area contributed by atoms with E-state index >= 15 is 0 Å². The van der Waals surface area contributed by atoms with Crippen LogP contribution < -0.4 is 9.47 Å². The molecular formula is C25H31ClN2O6. The normalized spacial score (nSPS) is 29.6. The molecule has 0 N–H and O–H groups in total. The van der Waals surface area contributed by atoms with Crippen molar-refractivity contribution in [2.24, 2.45) is 5.92 Å². The summed E-state index contributed by atoms with van der Waals surface area (Å²) in [5.41, 5.74) is 1.14. The van der Waals surface area contributed by atoms with Crippen LogP contribution in [-0.2, 0) is 19.1 Å². The van der Waals surface area contributed by atoms with Gasteiger partial charge in [0.2, 0.25) is 0 Å². The van der Waals surface area contributed by atoms with Crippen molar-refractivity contribution in [2.45, 2.75) is 36.8 Å². The van der Waals surface area contributed by atoms with Gasteiger partial charge in [0.1, 0.15) is 17.6 Å². The second-order valence-electron chi connectivity index (χ2n) is 9.24. The topological polar surface area (TPSA) is 77.5 Å². The van der Waals surface area contributed by atoms with Gasteiger partial charge in [-0.2, -0.15) is 0 Å². The summed E-state index contributed by atoms with van der Waals surface area (Å²) in [6, 6.07) is 4.86. The fourth-order valence-electron chi connectivity index (χ4n) is 5.54. The van der Waals surface area contributed by atoms with Crippen molar-refractivity contribution in [1.29, 1.82) is 0 Å². The Balaban J connectivity index is 1.54. The highest BCUT2D eigenvalue weighted by atomic mass is 35.5. The van der Waals surface area contributed by atoms with Crippen molar-refractivity contribution < 1.29 is 28.5 Å². The van der Waals surface area contributed by atoms with Gasteiger partial charge in [-0.05, 0) is 37.5 Å². The van der Waals surface area contributed by atoms with E-state index in [0.29, 0.717) is 56.2 Å². The van der Waals surface area contributed by atoms with E-state index < -0.39 is 6.04 Å². The molecule has 4 aliphatic rings. The molecule has 34 heavy (non-hydrogen) atoms. The molecule has 1 aromatic rings. The molecule has 3 heterocycles. The van der Waals surface area contributed by atoms with E-state index in [2.05, 4.69) is 4.90 Å². The average molecular weight is 491 g/mol. The monoisotopic (exact) mass is 490 g/mol. The number of amides is 1. The maximum Gasteiger partial charge on any atom is 0.290 e. The summed E-state index contributed by atoms with van der Waals surface area (Å²) in [4.78, 5) is 31.6. The Kier molecular flexibility index (Phi) is 6.73. The SMILES string of the molecule is COc1ccc(OC)c(C2C3=C(OC4CCC(Cl)CC4C3=O)C(=O)N2CCN2CCOCC2)c1. The van der Waals surface area contributed by atoms with E-state index in [4.69, 9.17) is 30.5 Å². The molecule has 1 saturated heterocycles. The van der Waals surface area contributed by atoms with Crippen molar-refractivity contribution in [3.8, 4) is 11.5 Å². The van der Waals surface area contributed by atoms with Crippen molar-refractivity contribution in [2.75, 3.05) is 53.6 Å². The predicted octanol–water partition coefficient (Wildman–Crippen LogP) is 2.55. The summed E-state index contributed by atoms with van der Waals surface area (Å²) in [5, 5.41) is -0.0599. The zero-order valence-corrected chi connectivity index (χ0v) is 20.4. The Morgan fingerprint density at radius 1 is 1.09 bits per heavy atom. The summed E-state index contributed by atoms with van der Waals surface area (Å²) in [5.74, 6) is 0.812. The Morgan fingerprint density at radius 2 is 1.88 bits per heavy atom. The zero-order chi connectivity index (χ0) is 23.8. The third-order valence-electron chi connectivity index (χ3n) is 7.37. The van der Waals surface area contributed by atoms with Gasteiger partial charge in [0, 0.05) is 37.1 Å². The van der Waals surface area contributed by atoms with E-state index in [1.807, 2.05) is 12.1 Å². The van der Waals surface area contributed by atoms with Crippen molar-refractivity contribution in [3.05, 3.63) is 35.1 Å². The number of benzene rings is 1. The Morgan fingerprint density at radius 3 is 2.62 bits per heavy atom. The van der Waals surface area contributed by atoms with Gasteiger partial charge < -0.3 is 23.8 Å². The molecule has 3 aliphatic heterocycles. The van der Waals surface area contributed by atoms with Crippen LogP contribution in [0.25, 0.3) is 0 Å². The number of rotatable bonds is 6. The van der Waals surface area contributed by atoms with Gasteiger partial charge in [0.05, 0.1) is 45.0 Å². The summed E-state index contributed by atoms with van der Waals surface area (Å²) < 4.78 is 22.8. The minimum atomic E-state index is -0.599. The van der Waals surface area contributed by atoms with Gasteiger partial charge >= 0.3 is 0 Å². The van der Waals surface area contributed by atoms with E-state index in [-0.39, 0.29) is 34.8 Å². The highest BCUT2D eigenvalue weighted by Crippen LogP contribution is 2.49. The number of carbonyl (C=O) groups excluding carboxylic acids is 2. The summed E-state index contributed by atoms with van der Waals surface area (Å²) in [7, 11) is 3.18. The first-order valence-electron chi connectivity index (χ1n) is 11.9. The number of methoxy groups -OCH3 is 2. The maximum atomic E-state index is 13.8. The highest BCUT2D eigenvalue weighted by Gasteiger charge is 2.53. The smallest absolute Gasteiger partial charge is 0.290 e. The third-order valence-corrected chi connectivity index (χ3v) is 7.77. The quantitative estimate of drug-likeness (QED) is 0.567. The van der Waals surface area contributed by atoms with Gasteiger partial charge in [-0.3, -0.25) is 14.5 Å². The number of ketones is 1. The largest absolute Gasteiger partial charge is 0.497 e. The Labute approximate surface area is 204 Å². The summed E-state index contributed by atoms with van der Waals surface area (Å²) >= 11 is 6.43. The van der Waals surface area contributed by atoms with Crippen molar-refractivity contribution in [3.63, 3.8) is 0 Å². The van der Waals surface area contributed by atoms with Crippen LogP contribution in [0.1, 0.15) is 30.9 Å². The van der Waals surface area contributed by atoms with Crippen LogP contribution in [0.5, 0.6) is 11.5 Å². The van der Waals surface area contributed by atoms with Gasteiger partial charge in [0.15, 0.2) is 11.5 Å². The molecular weight excluding hydrogens is 460 g/mol. The molecule has 0 bridgehead atoms. The second kappa shape index (κ2) is 9.76. The fraction of sp³-hybridized carbons (Fsp3) is 0.600. The van der Waals surface area contributed by atoms with Crippen molar-refractivity contribution in [1.82, 2.24) is 9.80 Å². The number of hydrogen-bond donors (Lipinski definition) is 0. The Hall–Kier alpha value is -2.29. The maximum absolute atomic E-state index is 13.8. The first-order valence-corrected chi connectivity index (χ1v) is 12.4. The van der Waals surface area contributed by atoms with E-state index in [1.165, 1.54) is 0 Å². The number of halogens is 1. The van der Waals surface area contributed by atoms with Crippen LogP contribution in [0.3, 0.4) is 0 Å². The number of nitrogens with zero attached hydrogens (tertiary/aromatic N) is 2. The fourth-order valence-corrected chi connectivity index (χ4v) is 5.86. The number of alkyl halides is 1. The molecule has 9 heteroatoms. The van der Waals surface area contributed by atoms with E-state index in [9.17, 15) is 9.59 Å². The molecule has 1 aliphatic carbocycles. The number of ether oxygens (including phenoxy) is 4. The lowest BCUT2D eigenvalue weighted by Gasteiger charge is -2.37. The zero-order valence-electron chi connectivity index (χ0n) is 19.6. The second-order valence-corrected chi connectivity index (χ2v) is 9.86. The van der Waals surface area contributed by atoms with Gasteiger partial charge in [-0.15, -0.1) is 11.6 Å².